The summed E-state index contributed by atoms with van der Waals surface area (Å²) in [6.45, 7) is 9.83. The zero-order valence-corrected chi connectivity index (χ0v) is 20.2. The Labute approximate surface area is 199 Å². The number of carbonyl (C=O) groups is 1. The molecule has 3 aromatic rings. The highest BCUT2D eigenvalue weighted by Crippen LogP contribution is 2.32. The number of nitrogens with one attached hydrogen (secondary N) is 1. The molecule has 1 atom stereocenters. The van der Waals surface area contributed by atoms with Gasteiger partial charge in [0.2, 0.25) is 0 Å². The van der Waals surface area contributed by atoms with Gasteiger partial charge in [0.05, 0.1) is 15.7 Å². The second-order valence-corrected chi connectivity index (χ2v) is 9.01. The summed E-state index contributed by atoms with van der Waals surface area (Å²) >= 11 is 12.3. The van der Waals surface area contributed by atoms with E-state index in [-0.39, 0.29) is 5.91 Å². The highest BCUT2D eigenvalue weighted by Gasteiger charge is 2.31. The summed E-state index contributed by atoms with van der Waals surface area (Å²) in [5, 5.41) is 8.56. The number of amides is 1. The van der Waals surface area contributed by atoms with Gasteiger partial charge in [-0.15, -0.1) is 0 Å². The summed E-state index contributed by atoms with van der Waals surface area (Å²) in [5.74, 6) is 0.000272. The largest absolute Gasteiger partial charge is 0.336 e. The standard InChI is InChI=1S/C25H28Cl2N4O/c1-4-30(5-2)20-11-12-31(15-20)25(32)24-16(3)23(28-29-24)19-8-6-7-17(13-19)18-9-10-21(26)22(27)14-18/h6-10,13-14,20H,4-5,11-12,15H2,1-3H3,(H,28,29). The molecule has 1 aliphatic rings. The van der Waals surface area contributed by atoms with Crippen LogP contribution in [-0.4, -0.2) is 58.1 Å². The molecule has 7 heteroatoms. The number of carbonyl (C=O) groups excluding carboxylic acids is 1. The topological polar surface area (TPSA) is 52.2 Å². The number of aromatic amines is 1. The van der Waals surface area contributed by atoms with E-state index in [2.05, 4.69) is 35.0 Å². The molecule has 0 aliphatic carbocycles. The number of H-pyrrole nitrogens is 1. The van der Waals surface area contributed by atoms with Crippen molar-refractivity contribution in [2.45, 2.75) is 33.2 Å². The van der Waals surface area contributed by atoms with Crippen molar-refractivity contribution < 1.29 is 4.79 Å². The average molecular weight is 471 g/mol. The van der Waals surface area contributed by atoms with Crippen molar-refractivity contribution in [3.63, 3.8) is 0 Å². The highest BCUT2D eigenvalue weighted by atomic mass is 35.5. The summed E-state index contributed by atoms with van der Waals surface area (Å²) in [6, 6.07) is 14.1. The normalized spacial score (nSPS) is 16.2. The molecule has 1 unspecified atom stereocenters. The highest BCUT2D eigenvalue weighted by molar-refractivity contribution is 6.42. The minimum absolute atomic E-state index is 0.000272. The fourth-order valence-electron chi connectivity index (χ4n) is 4.53. The Kier molecular flexibility index (Phi) is 6.89. The molecule has 1 aliphatic heterocycles. The molecule has 5 nitrogen and oxygen atoms in total. The molecular weight excluding hydrogens is 443 g/mol. The number of benzene rings is 2. The van der Waals surface area contributed by atoms with Gasteiger partial charge in [0.15, 0.2) is 5.69 Å². The van der Waals surface area contributed by atoms with Crippen LogP contribution in [0.3, 0.4) is 0 Å². The monoisotopic (exact) mass is 470 g/mol. The van der Waals surface area contributed by atoms with Gasteiger partial charge in [-0.05, 0) is 55.8 Å². The van der Waals surface area contributed by atoms with Crippen molar-refractivity contribution in [3.8, 4) is 22.4 Å². The molecule has 168 valence electrons. The molecule has 1 N–H and O–H groups in total. The molecule has 1 aromatic heterocycles. The zero-order chi connectivity index (χ0) is 22.8. The van der Waals surface area contributed by atoms with Crippen LogP contribution in [-0.2, 0) is 0 Å². The molecule has 0 saturated carbocycles. The van der Waals surface area contributed by atoms with E-state index in [0.717, 1.165) is 60.5 Å². The van der Waals surface area contributed by atoms with Gasteiger partial charge in [-0.25, -0.2) is 0 Å². The van der Waals surface area contributed by atoms with Crippen molar-refractivity contribution in [3.05, 3.63) is 63.8 Å². The minimum atomic E-state index is 0.000272. The fraction of sp³-hybridized carbons (Fsp3) is 0.360. The molecule has 1 fully saturated rings. The van der Waals surface area contributed by atoms with Crippen molar-refractivity contribution in [2.75, 3.05) is 26.2 Å². The Morgan fingerprint density at radius 2 is 1.81 bits per heavy atom. The van der Waals surface area contributed by atoms with E-state index in [1.165, 1.54) is 0 Å². The van der Waals surface area contributed by atoms with Crippen LogP contribution in [0.1, 0.15) is 36.3 Å². The molecule has 1 saturated heterocycles. The fourth-order valence-corrected chi connectivity index (χ4v) is 4.83. The van der Waals surface area contributed by atoms with Gasteiger partial charge >= 0.3 is 0 Å². The van der Waals surface area contributed by atoms with E-state index >= 15 is 0 Å². The van der Waals surface area contributed by atoms with E-state index in [0.29, 0.717) is 21.8 Å². The van der Waals surface area contributed by atoms with Gasteiger partial charge in [-0.1, -0.05) is 61.3 Å². The molecule has 2 aromatic carbocycles. The van der Waals surface area contributed by atoms with Crippen LogP contribution >= 0.6 is 23.2 Å². The number of likely N-dealkylation sites (N-methyl/N-ethyl adjacent to an activating group) is 1. The van der Waals surface area contributed by atoms with Crippen LogP contribution in [0, 0.1) is 6.92 Å². The maximum atomic E-state index is 13.2. The van der Waals surface area contributed by atoms with Crippen LogP contribution in [0.25, 0.3) is 22.4 Å². The Morgan fingerprint density at radius 3 is 2.53 bits per heavy atom. The van der Waals surface area contributed by atoms with Gasteiger partial charge in [0.1, 0.15) is 0 Å². The second kappa shape index (κ2) is 9.65. The molecule has 2 heterocycles. The van der Waals surface area contributed by atoms with Crippen molar-refractivity contribution >= 4 is 29.1 Å². The number of hydrogen-bond donors (Lipinski definition) is 1. The maximum Gasteiger partial charge on any atom is 0.274 e. The third-order valence-electron chi connectivity index (χ3n) is 6.40. The first-order chi connectivity index (χ1) is 15.4. The van der Waals surface area contributed by atoms with E-state index in [9.17, 15) is 4.79 Å². The Hall–Kier alpha value is -2.34. The number of hydrogen-bond acceptors (Lipinski definition) is 3. The smallest absolute Gasteiger partial charge is 0.274 e. The van der Waals surface area contributed by atoms with E-state index in [1.54, 1.807) is 6.07 Å². The molecule has 0 bridgehead atoms. The number of rotatable bonds is 6. The predicted molar refractivity (Wildman–Crippen MR) is 131 cm³/mol. The summed E-state index contributed by atoms with van der Waals surface area (Å²) < 4.78 is 0. The van der Waals surface area contributed by atoms with E-state index in [4.69, 9.17) is 23.2 Å². The zero-order valence-electron chi connectivity index (χ0n) is 18.7. The van der Waals surface area contributed by atoms with Crippen molar-refractivity contribution in [1.29, 1.82) is 0 Å². The first-order valence-electron chi connectivity index (χ1n) is 11.1. The Bertz CT molecular complexity index is 1120. The van der Waals surface area contributed by atoms with Crippen LogP contribution in [0.15, 0.2) is 42.5 Å². The third-order valence-corrected chi connectivity index (χ3v) is 7.13. The Morgan fingerprint density at radius 1 is 1.09 bits per heavy atom. The first kappa shape index (κ1) is 22.8. The van der Waals surface area contributed by atoms with Gasteiger partial charge in [0, 0.05) is 30.3 Å². The quantitative estimate of drug-likeness (QED) is 0.486. The maximum absolute atomic E-state index is 13.2. The molecule has 0 spiro atoms. The van der Waals surface area contributed by atoms with E-state index < -0.39 is 0 Å². The van der Waals surface area contributed by atoms with Crippen molar-refractivity contribution in [2.24, 2.45) is 0 Å². The lowest BCUT2D eigenvalue weighted by Crippen LogP contribution is -2.38. The second-order valence-electron chi connectivity index (χ2n) is 8.20. The van der Waals surface area contributed by atoms with Crippen molar-refractivity contribution in [1.82, 2.24) is 20.0 Å². The predicted octanol–water partition coefficient (Wildman–Crippen LogP) is 5.92. The van der Waals surface area contributed by atoms with Crippen LogP contribution in [0.4, 0.5) is 0 Å². The van der Waals surface area contributed by atoms with Gasteiger partial charge in [0.25, 0.3) is 5.91 Å². The lowest BCUT2D eigenvalue weighted by Gasteiger charge is -2.26. The average Bonchev–Trinajstić information content (AvgIpc) is 3.43. The number of aromatic nitrogens is 2. The van der Waals surface area contributed by atoms with Crippen LogP contribution in [0.2, 0.25) is 10.0 Å². The summed E-state index contributed by atoms with van der Waals surface area (Å²) in [4.78, 5) is 17.6. The number of nitrogens with zero attached hydrogens (tertiary/aromatic N) is 3. The van der Waals surface area contributed by atoms with Gasteiger partial charge < -0.3 is 4.90 Å². The number of likely N-dealkylation sites (tertiary alicyclic amines) is 1. The van der Waals surface area contributed by atoms with Crippen LogP contribution < -0.4 is 0 Å². The molecule has 1 amide bonds. The first-order valence-corrected chi connectivity index (χ1v) is 11.8. The summed E-state index contributed by atoms with van der Waals surface area (Å²) in [5.41, 5.74) is 5.20. The Balaban J connectivity index is 1.57. The summed E-state index contributed by atoms with van der Waals surface area (Å²) in [7, 11) is 0. The third kappa shape index (κ3) is 4.42. The minimum Gasteiger partial charge on any atom is -0.336 e. The lowest BCUT2D eigenvalue weighted by molar-refractivity contribution is 0.0771. The lowest BCUT2D eigenvalue weighted by atomic mass is 10.00. The van der Waals surface area contributed by atoms with E-state index in [1.807, 2.05) is 42.2 Å². The van der Waals surface area contributed by atoms with Gasteiger partial charge in [-0.2, -0.15) is 5.10 Å². The molecule has 4 rings (SSSR count). The molecule has 0 radical (unpaired) electrons. The summed E-state index contributed by atoms with van der Waals surface area (Å²) in [6.07, 6.45) is 1.01. The van der Waals surface area contributed by atoms with Gasteiger partial charge in [-0.3, -0.25) is 14.8 Å². The number of halogens is 2. The molecular formula is C25H28Cl2N4O. The van der Waals surface area contributed by atoms with Crippen LogP contribution in [0.5, 0.6) is 0 Å². The molecule has 32 heavy (non-hydrogen) atoms. The SMILES string of the molecule is CCN(CC)C1CCN(C(=O)c2n[nH]c(-c3cccc(-c4ccc(Cl)c(Cl)c4)c3)c2C)C1.